The monoisotopic (exact) mass is 430 g/mol. The molecular formula is C24H18N2O4S. The van der Waals surface area contributed by atoms with Crippen molar-refractivity contribution in [1.29, 1.82) is 0 Å². The summed E-state index contributed by atoms with van der Waals surface area (Å²) in [5.74, 6) is -1.81. The minimum absolute atomic E-state index is 0.118. The van der Waals surface area contributed by atoms with E-state index < -0.39 is 11.9 Å². The average molecular weight is 430 g/mol. The Kier molecular flexibility index (Phi) is 5.51. The normalized spacial score (nSPS) is 10.6. The van der Waals surface area contributed by atoms with Crippen molar-refractivity contribution >= 4 is 50.6 Å². The molecular weight excluding hydrogens is 412 g/mol. The summed E-state index contributed by atoms with van der Waals surface area (Å²) in [6.07, 6.45) is 0. The zero-order valence-electron chi connectivity index (χ0n) is 16.5. The van der Waals surface area contributed by atoms with Crippen LogP contribution in [0.15, 0.2) is 72.1 Å². The third-order valence-corrected chi connectivity index (χ3v) is 5.70. The van der Waals surface area contributed by atoms with E-state index in [2.05, 4.69) is 10.6 Å². The number of carbonyl (C=O) groups is 3. The molecule has 0 saturated heterocycles. The molecule has 1 aromatic heterocycles. The number of nitrogens with one attached hydrogen (secondary N) is 2. The first-order chi connectivity index (χ1) is 14.9. The molecule has 0 aliphatic heterocycles. The van der Waals surface area contributed by atoms with Crippen molar-refractivity contribution in [3.05, 3.63) is 94.4 Å². The van der Waals surface area contributed by atoms with Gasteiger partial charge < -0.3 is 15.7 Å². The van der Waals surface area contributed by atoms with Crippen LogP contribution in [0.4, 0.5) is 10.7 Å². The van der Waals surface area contributed by atoms with Crippen LogP contribution < -0.4 is 10.6 Å². The quantitative estimate of drug-likeness (QED) is 0.394. The number of amides is 2. The molecule has 31 heavy (non-hydrogen) atoms. The third-order valence-electron chi connectivity index (χ3n) is 4.87. The predicted octanol–water partition coefficient (Wildman–Crippen LogP) is 5.41. The number of carbonyl (C=O) groups excluding carboxylic acids is 2. The van der Waals surface area contributed by atoms with E-state index in [1.54, 1.807) is 42.6 Å². The minimum Gasteiger partial charge on any atom is -0.478 e. The summed E-state index contributed by atoms with van der Waals surface area (Å²) >= 11 is 1.24. The minimum atomic E-state index is -1.06. The van der Waals surface area contributed by atoms with Gasteiger partial charge in [-0.15, -0.1) is 11.3 Å². The SMILES string of the molecule is Cc1ccc(NC(=O)c2ccsc2NC(=O)c2ccc3ccccc3c2)cc1C(=O)O. The maximum atomic E-state index is 12.8. The van der Waals surface area contributed by atoms with Gasteiger partial charge in [-0.05, 0) is 59.0 Å². The maximum absolute atomic E-state index is 12.8. The first-order valence-corrected chi connectivity index (χ1v) is 10.3. The second kappa shape index (κ2) is 8.41. The van der Waals surface area contributed by atoms with Gasteiger partial charge in [0.25, 0.3) is 11.8 Å². The number of thiophene rings is 1. The first kappa shape index (κ1) is 20.3. The molecule has 0 atom stereocenters. The van der Waals surface area contributed by atoms with Crippen molar-refractivity contribution in [3.8, 4) is 0 Å². The lowest BCUT2D eigenvalue weighted by molar-refractivity contribution is 0.0695. The molecule has 4 aromatic rings. The van der Waals surface area contributed by atoms with Crippen LogP contribution >= 0.6 is 11.3 Å². The molecule has 0 bridgehead atoms. The van der Waals surface area contributed by atoms with Gasteiger partial charge >= 0.3 is 5.97 Å². The van der Waals surface area contributed by atoms with E-state index in [1.165, 1.54) is 17.4 Å². The van der Waals surface area contributed by atoms with Gasteiger partial charge in [-0.2, -0.15) is 0 Å². The molecule has 3 N–H and O–H groups in total. The molecule has 0 saturated carbocycles. The van der Waals surface area contributed by atoms with E-state index in [9.17, 15) is 19.5 Å². The average Bonchev–Trinajstić information content (AvgIpc) is 3.22. The summed E-state index contributed by atoms with van der Waals surface area (Å²) in [6, 6.07) is 19.5. The van der Waals surface area contributed by atoms with Crippen LogP contribution in [0.5, 0.6) is 0 Å². The second-order valence-corrected chi connectivity index (χ2v) is 7.88. The highest BCUT2D eigenvalue weighted by atomic mass is 32.1. The number of benzene rings is 3. The van der Waals surface area contributed by atoms with Crippen molar-refractivity contribution in [2.75, 3.05) is 10.6 Å². The number of aryl methyl sites for hydroxylation is 1. The Bertz CT molecular complexity index is 1330. The fourth-order valence-electron chi connectivity index (χ4n) is 3.22. The van der Waals surface area contributed by atoms with Gasteiger partial charge in [0, 0.05) is 11.3 Å². The van der Waals surface area contributed by atoms with E-state index in [-0.39, 0.29) is 11.5 Å². The number of fused-ring (bicyclic) bond motifs is 1. The maximum Gasteiger partial charge on any atom is 0.336 e. The molecule has 0 fully saturated rings. The van der Waals surface area contributed by atoms with Crippen molar-refractivity contribution in [3.63, 3.8) is 0 Å². The molecule has 7 heteroatoms. The lowest BCUT2D eigenvalue weighted by Crippen LogP contribution is -2.17. The number of anilines is 2. The van der Waals surface area contributed by atoms with Gasteiger partial charge in [0.1, 0.15) is 5.00 Å². The topological polar surface area (TPSA) is 95.5 Å². The molecule has 1 heterocycles. The zero-order valence-corrected chi connectivity index (χ0v) is 17.3. The number of carboxylic acid groups (broad SMARTS) is 1. The summed E-state index contributed by atoms with van der Waals surface area (Å²) in [4.78, 5) is 36.8. The summed E-state index contributed by atoms with van der Waals surface area (Å²) in [7, 11) is 0. The van der Waals surface area contributed by atoms with Gasteiger partial charge in [-0.1, -0.05) is 36.4 Å². The summed E-state index contributed by atoms with van der Waals surface area (Å²) in [5, 5.41) is 18.9. The molecule has 0 radical (unpaired) electrons. The number of rotatable bonds is 5. The standard InChI is InChI=1S/C24H18N2O4S/c1-14-6-9-18(13-20(14)24(29)30)25-22(28)19-10-11-31-23(19)26-21(27)17-8-7-15-4-2-3-5-16(15)12-17/h2-13H,1H3,(H,25,28)(H,26,27)(H,29,30). The van der Waals surface area contributed by atoms with Crippen LogP contribution in [0, 0.1) is 6.92 Å². The number of aromatic carboxylic acids is 1. The van der Waals surface area contributed by atoms with Crippen molar-refractivity contribution < 1.29 is 19.5 Å². The highest BCUT2D eigenvalue weighted by Gasteiger charge is 2.17. The third kappa shape index (κ3) is 4.31. The fraction of sp³-hybridized carbons (Fsp3) is 0.0417. The van der Waals surface area contributed by atoms with Crippen molar-refractivity contribution in [2.24, 2.45) is 0 Å². The molecule has 0 spiro atoms. The Morgan fingerprint density at radius 2 is 1.58 bits per heavy atom. The van der Waals surface area contributed by atoms with Crippen molar-refractivity contribution in [2.45, 2.75) is 6.92 Å². The van der Waals surface area contributed by atoms with Crippen LogP contribution in [0.3, 0.4) is 0 Å². The summed E-state index contributed by atoms with van der Waals surface area (Å²) in [6.45, 7) is 1.69. The van der Waals surface area contributed by atoms with Gasteiger partial charge in [0.2, 0.25) is 0 Å². The highest BCUT2D eigenvalue weighted by Crippen LogP contribution is 2.26. The van der Waals surface area contributed by atoms with Crippen LogP contribution in [0.1, 0.15) is 36.6 Å². The number of hydrogen-bond donors (Lipinski definition) is 3. The second-order valence-electron chi connectivity index (χ2n) is 6.97. The number of hydrogen-bond acceptors (Lipinski definition) is 4. The molecule has 0 unspecified atom stereocenters. The van der Waals surface area contributed by atoms with Gasteiger partial charge in [-0.25, -0.2) is 4.79 Å². The molecule has 4 rings (SSSR count). The summed E-state index contributed by atoms with van der Waals surface area (Å²) in [5.41, 5.74) is 1.88. The number of carboxylic acids is 1. The van der Waals surface area contributed by atoms with Gasteiger partial charge in [0.05, 0.1) is 11.1 Å². The molecule has 3 aromatic carbocycles. The fourth-order valence-corrected chi connectivity index (χ4v) is 4.00. The molecule has 0 aliphatic rings. The van der Waals surface area contributed by atoms with E-state index in [1.807, 2.05) is 30.3 Å². The van der Waals surface area contributed by atoms with Crippen LogP contribution in [-0.4, -0.2) is 22.9 Å². The lowest BCUT2D eigenvalue weighted by atomic mass is 10.1. The molecule has 2 amide bonds. The molecule has 154 valence electrons. The zero-order chi connectivity index (χ0) is 22.0. The smallest absolute Gasteiger partial charge is 0.336 e. The highest BCUT2D eigenvalue weighted by molar-refractivity contribution is 7.14. The lowest BCUT2D eigenvalue weighted by Gasteiger charge is -2.10. The predicted molar refractivity (Wildman–Crippen MR) is 122 cm³/mol. The Hall–Kier alpha value is -3.97. The van der Waals surface area contributed by atoms with Crippen LogP contribution in [0.25, 0.3) is 10.8 Å². The molecule has 0 aliphatic carbocycles. The Balaban J connectivity index is 1.53. The summed E-state index contributed by atoms with van der Waals surface area (Å²) < 4.78 is 0. The Morgan fingerprint density at radius 3 is 2.35 bits per heavy atom. The largest absolute Gasteiger partial charge is 0.478 e. The van der Waals surface area contributed by atoms with Gasteiger partial charge in [-0.3, -0.25) is 9.59 Å². The van der Waals surface area contributed by atoms with Crippen LogP contribution in [-0.2, 0) is 0 Å². The van der Waals surface area contributed by atoms with E-state index in [4.69, 9.17) is 0 Å². The van der Waals surface area contributed by atoms with Gasteiger partial charge in [0.15, 0.2) is 0 Å². The first-order valence-electron chi connectivity index (χ1n) is 9.45. The van der Waals surface area contributed by atoms with Crippen molar-refractivity contribution in [1.82, 2.24) is 0 Å². The van der Waals surface area contributed by atoms with E-state index >= 15 is 0 Å². The van der Waals surface area contributed by atoms with E-state index in [0.717, 1.165) is 10.8 Å². The molecule has 6 nitrogen and oxygen atoms in total. The Labute approximate surface area is 182 Å². The Morgan fingerprint density at radius 1 is 0.806 bits per heavy atom. The van der Waals surface area contributed by atoms with Crippen LogP contribution in [0.2, 0.25) is 0 Å². The van der Waals surface area contributed by atoms with E-state index in [0.29, 0.717) is 27.4 Å².